The average Bonchev–Trinajstić information content (AvgIpc) is 3.09. The third kappa shape index (κ3) is 1.66. The molecule has 0 unspecified atom stereocenters. The van der Waals surface area contributed by atoms with Gasteiger partial charge in [0.25, 0.3) is 0 Å². The molecule has 1 N–H and O–H groups in total. The fourth-order valence-corrected chi connectivity index (χ4v) is 1.97. The summed E-state index contributed by atoms with van der Waals surface area (Å²) >= 11 is 0. The maximum atomic E-state index is 13.7. The Morgan fingerprint density at radius 2 is 2.11 bits per heavy atom. The van der Waals surface area contributed by atoms with Crippen LogP contribution in [0.25, 0.3) is 5.69 Å². The topological polar surface area (TPSA) is 68.0 Å². The highest BCUT2D eigenvalue weighted by Gasteiger charge is 2.34. The van der Waals surface area contributed by atoms with Crippen LogP contribution in [0.5, 0.6) is 0 Å². The van der Waals surface area contributed by atoms with Gasteiger partial charge < -0.3 is 5.11 Å². The molecule has 0 aliphatic heterocycles. The van der Waals surface area contributed by atoms with Crippen molar-refractivity contribution in [2.75, 3.05) is 0 Å². The molecule has 0 saturated heterocycles. The van der Waals surface area contributed by atoms with Gasteiger partial charge in [-0.05, 0) is 25.0 Å². The summed E-state index contributed by atoms with van der Waals surface area (Å²) in [4.78, 5) is 11.1. The van der Waals surface area contributed by atoms with E-state index in [1.165, 1.54) is 10.7 Å². The van der Waals surface area contributed by atoms with E-state index in [0.717, 1.165) is 12.8 Å². The first-order valence-corrected chi connectivity index (χ1v) is 5.62. The van der Waals surface area contributed by atoms with Crippen molar-refractivity contribution in [2.24, 2.45) is 0 Å². The predicted molar refractivity (Wildman–Crippen MR) is 60.3 cm³/mol. The molecule has 2 aromatic rings. The monoisotopic (exact) mass is 247 g/mol. The molecule has 1 saturated carbocycles. The van der Waals surface area contributed by atoms with Gasteiger partial charge >= 0.3 is 5.97 Å². The van der Waals surface area contributed by atoms with Crippen LogP contribution in [0.15, 0.2) is 24.3 Å². The minimum Gasteiger partial charge on any atom is -0.476 e. The minimum absolute atomic E-state index is 0.0826. The van der Waals surface area contributed by atoms with E-state index in [0.29, 0.717) is 5.69 Å². The molecule has 0 radical (unpaired) electrons. The van der Waals surface area contributed by atoms with Gasteiger partial charge in [0.15, 0.2) is 5.69 Å². The molecule has 6 heteroatoms. The van der Waals surface area contributed by atoms with Crippen LogP contribution in [0, 0.1) is 5.82 Å². The van der Waals surface area contributed by atoms with Crippen LogP contribution < -0.4 is 0 Å². The summed E-state index contributed by atoms with van der Waals surface area (Å²) in [5.74, 6) is -1.45. The highest BCUT2D eigenvalue weighted by Crippen LogP contribution is 2.42. The van der Waals surface area contributed by atoms with E-state index in [9.17, 15) is 9.18 Å². The number of halogens is 1. The second kappa shape index (κ2) is 3.90. The zero-order chi connectivity index (χ0) is 12.7. The van der Waals surface area contributed by atoms with Crippen molar-refractivity contribution in [3.8, 4) is 5.69 Å². The molecular formula is C12H10FN3O2. The van der Waals surface area contributed by atoms with Crippen molar-refractivity contribution >= 4 is 5.97 Å². The fourth-order valence-electron chi connectivity index (χ4n) is 1.97. The smallest absolute Gasteiger partial charge is 0.358 e. The third-order valence-corrected chi connectivity index (χ3v) is 2.95. The van der Waals surface area contributed by atoms with Crippen molar-refractivity contribution in [3.63, 3.8) is 0 Å². The summed E-state index contributed by atoms with van der Waals surface area (Å²) in [5.41, 5.74) is 0.646. The minimum atomic E-state index is -1.13. The van der Waals surface area contributed by atoms with Crippen LogP contribution in [-0.2, 0) is 0 Å². The maximum absolute atomic E-state index is 13.7. The van der Waals surface area contributed by atoms with Crippen molar-refractivity contribution in [3.05, 3.63) is 41.5 Å². The molecule has 0 amide bonds. The molecule has 3 rings (SSSR count). The second-order valence-electron chi connectivity index (χ2n) is 4.27. The number of benzene rings is 1. The van der Waals surface area contributed by atoms with E-state index in [-0.39, 0.29) is 17.3 Å². The van der Waals surface area contributed by atoms with Gasteiger partial charge in [-0.2, -0.15) is 0 Å². The second-order valence-corrected chi connectivity index (χ2v) is 4.27. The lowest BCUT2D eigenvalue weighted by Gasteiger charge is -2.06. The molecule has 0 atom stereocenters. The van der Waals surface area contributed by atoms with E-state index < -0.39 is 11.8 Å². The molecule has 1 heterocycles. The Hall–Kier alpha value is -2.24. The Morgan fingerprint density at radius 3 is 2.72 bits per heavy atom. The molecule has 0 spiro atoms. The lowest BCUT2D eigenvalue weighted by atomic mass is 10.2. The zero-order valence-electron chi connectivity index (χ0n) is 9.38. The molecule has 92 valence electrons. The number of hydrogen-bond donors (Lipinski definition) is 1. The van der Waals surface area contributed by atoms with Gasteiger partial charge in [0.1, 0.15) is 11.5 Å². The maximum Gasteiger partial charge on any atom is 0.358 e. The van der Waals surface area contributed by atoms with Gasteiger partial charge in [0.05, 0.1) is 5.69 Å². The normalized spacial score (nSPS) is 14.7. The van der Waals surface area contributed by atoms with Crippen LogP contribution in [0.1, 0.15) is 34.9 Å². The van der Waals surface area contributed by atoms with Gasteiger partial charge in [-0.3, -0.25) is 0 Å². The highest BCUT2D eigenvalue weighted by molar-refractivity contribution is 5.87. The molecular weight excluding hydrogens is 237 g/mol. The number of aromatic carboxylic acids is 1. The summed E-state index contributed by atoms with van der Waals surface area (Å²) < 4.78 is 15.0. The van der Waals surface area contributed by atoms with Crippen LogP contribution in [-0.4, -0.2) is 26.1 Å². The van der Waals surface area contributed by atoms with E-state index in [1.807, 2.05) is 0 Å². The number of aromatic nitrogens is 3. The molecule has 1 aromatic heterocycles. The Labute approximate surface area is 102 Å². The Kier molecular flexibility index (Phi) is 2.36. The number of rotatable bonds is 3. The first-order valence-electron chi connectivity index (χ1n) is 5.62. The number of carboxylic acid groups (broad SMARTS) is 1. The number of para-hydroxylation sites is 1. The van der Waals surface area contributed by atoms with Crippen LogP contribution in [0.2, 0.25) is 0 Å². The van der Waals surface area contributed by atoms with Crippen LogP contribution in [0.3, 0.4) is 0 Å². The largest absolute Gasteiger partial charge is 0.476 e. The van der Waals surface area contributed by atoms with Crippen LogP contribution in [0.4, 0.5) is 4.39 Å². The molecule has 0 bridgehead atoms. The SMILES string of the molecule is O=C(O)c1nnn(-c2ccccc2F)c1C1CC1. The van der Waals surface area contributed by atoms with Crippen molar-refractivity contribution in [1.82, 2.24) is 15.0 Å². The first-order chi connectivity index (χ1) is 8.68. The number of hydrogen-bond acceptors (Lipinski definition) is 3. The van der Waals surface area contributed by atoms with Crippen molar-refractivity contribution < 1.29 is 14.3 Å². The Morgan fingerprint density at radius 1 is 1.39 bits per heavy atom. The molecule has 1 aliphatic rings. The quantitative estimate of drug-likeness (QED) is 0.900. The summed E-state index contributed by atoms with van der Waals surface area (Å²) in [7, 11) is 0. The number of nitrogens with zero attached hydrogens (tertiary/aromatic N) is 3. The lowest BCUT2D eigenvalue weighted by Crippen LogP contribution is -2.07. The predicted octanol–water partition coefficient (Wildman–Crippen LogP) is 1.98. The molecule has 1 aliphatic carbocycles. The zero-order valence-corrected chi connectivity index (χ0v) is 9.38. The van der Waals surface area contributed by atoms with Crippen LogP contribution >= 0.6 is 0 Å². The summed E-state index contributed by atoms with van der Waals surface area (Å²) in [6, 6.07) is 6.12. The van der Waals surface area contributed by atoms with Crippen molar-refractivity contribution in [2.45, 2.75) is 18.8 Å². The van der Waals surface area contributed by atoms with Gasteiger partial charge in [-0.15, -0.1) is 5.10 Å². The third-order valence-electron chi connectivity index (χ3n) is 2.95. The van der Waals surface area contributed by atoms with E-state index in [2.05, 4.69) is 10.3 Å². The summed E-state index contributed by atoms with van der Waals surface area (Å²) in [6.45, 7) is 0. The summed E-state index contributed by atoms with van der Waals surface area (Å²) in [5, 5.41) is 16.5. The van der Waals surface area contributed by atoms with Gasteiger partial charge in [-0.1, -0.05) is 17.3 Å². The average molecular weight is 247 g/mol. The summed E-state index contributed by atoms with van der Waals surface area (Å²) in [6.07, 6.45) is 1.78. The van der Waals surface area contributed by atoms with Gasteiger partial charge in [0.2, 0.25) is 0 Å². The standard InChI is InChI=1S/C12H10FN3O2/c13-8-3-1-2-4-9(8)16-11(7-5-6-7)10(12(17)18)14-15-16/h1-4,7H,5-6H2,(H,17,18). The van der Waals surface area contributed by atoms with E-state index in [1.54, 1.807) is 18.2 Å². The van der Waals surface area contributed by atoms with E-state index in [4.69, 9.17) is 5.11 Å². The lowest BCUT2D eigenvalue weighted by molar-refractivity contribution is 0.0689. The highest BCUT2D eigenvalue weighted by atomic mass is 19.1. The molecule has 1 fully saturated rings. The molecule has 18 heavy (non-hydrogen) atoms. The van der Waals surface area contributed by atoms with Gasteiger partial charge in [-0.25, -0.2) is 13.9 Å². The van der Waals surface area contributed by atoms with Crippen molar-refractivity contribution in [1.29, 1.82) is 0 Å². The fraction of sp³-hybridized carbons (Fsp3) is 0.250. The number of carbonyl (C=O) groups is 1. The number of carboxylic acids is 1. The Balaban J connectivity index is 2.18. The Bertz CT molecular complexity index is 620. The first kappa shape index (κ1) is 10.9. The van der Waals surface area contributed by atoms with E-state index >= 15 is 0 Å². The van der Waals surface area contributed by atoms with Gasteiger partial charge in [0, 0.05) is 5.92 Å². The molecule has 1 aromatic carbocycles. The molecule has 5 nitrogen and oxygen atoms in total.